The number of nitrogens with zero attached hydrogens (tertiary/aromatic N) is 1. The minimum absolute atomic E-state index is 0.497. The smallest absolute Gasteiger partial charge is 0.106 e. The van der Waals surface area contributed by atoms with Crippen LogP contribution >= 0.6 is 12.2 Å². The topological polar surface area (TPSA) is 29.3 Å². The number of para-hydroxylation sites is 1. The summed E-state index contributed by atoms with van der Waals surface area (Å²) >= 11 is 5.14. The minimum Gasteiger partial charge on any atom is -0.389 e. The number of hydrogen-bond donors (Lipinski definition) is 1. The van der Waals surface area contributed by atoms with Crippen LogP contribution in [0.2, 0.25) is 0 Å². The van der Waals surface area contributed by atoms with Gasteiger partial charge in [0.15, 0.2) is 0 Å². The maximum absolute atomic E-state index is 5.81. The van der Waals surface area contributed by atoms with Crippen LogP contribution in [0.15, 0.2) is 24.3 Å². The van der Waals surface area contributed by atoms with E-state index in [0.717, 1.165) is 12.1 Å². The summed E-state index contributed by atoms with van der Waals surface area (Å²) in [6, 6.07) is 8.89. The summed E-state index contributed by atoms with van der Waals surface area (Å²) in [6.45, 7) is 3.22. The van der Waals surface area contributed by atoms with Crippen molar-refractivity contribution in [1.29, 1.82) is 0 Å². The van der Waals surface area contributed by atoms with E-state index >= 15 is 0 Å². The molecule has 0 saturated heterocycles. The lowest BCUT2D eigenvalue weighted by molar-refractivity contribution is 0.619. The third-order valence-corrected chi connectivity index (χ3v) is 3.81. The molecule has 0 unspecified atom stereocenters. The van der Waals surface area contributed by atoms with Gasteiger partial charge in [0.05, 0.1) is 0 Å². The molecular weight excluding hydrogens is 228 g/mol. The highest BCUT2D eigenvalue weighted by Gasteiger charge is 2.23. The predicted octanol–water partition coefficient (Wildman–Crippen LogP) is 3.09. The fraction of sp³-hybridized carbons (Fsp3) is 0.500. The van der Waals surface area contributed by atoms with Gasteiger partial charge in [0.25, 0.3) is 0 Å². The zero-order chi connectivity index (χ0) is 12.3. The van der Waals surface area contributed by atoms with Gasteiger partial charge < -0.3 is 10.6 Å². The van der Waals surface area contributed by atoms with Crippen LogP contribution in [-0.2, 0) is 0 Å². The lowest BCUT2D eigenvalue weighted by atomic mass is 10.1. The van der Waals surface area contributed by atoms with Crippen LogP contribution in [0.4, 0.5) is 5.69 Å². The first kappa shape index (κ1) is 12.4. The summed E-state index contributed by atoms with van der Waals surface area (Å²) in [5.74, 6) is 0. The van der Waals surface area contributed by atoms with Gasteiger partial charge in [-0.1, -0.05) is 37.2 Å². The highest BCUT2D eigenvalue weighted by atomic mass is 32.1. The number of anilines is 1. The SMILES string of the molecule is CCN(c1ccccc1C(N)=S)C1CCCC1. The molecule has 17 heavy (non-hydrogen) atoms. The second-order valence-electron chi connectivity index (χ2n) is 4.61. The molecule has 0 amide bonds. The van der Waals surface area contributed by atoms with Crippen molar-refractivity contribution in [3.8, 4) is 0 Å². The lowest BCUT2D eigenvalue weighted by Gasteiger charge is -2.31. The molecule has 0 atom stereocenters. The average molecular weight is 248 g/mol. The predicted molar refractivity (Wildman–Crippen MR) is 77.6 cm³/mol. The fourth-order valence-electron chi connectivity index (χ4n) is 2.77. The molecule has 0 heterocycles. The summed E-state index contributed by atoms with van der Waals surface area (Å²) in [5, 5.41) is 0. The van der Waals surface area contributed by atoms with E-state index < -0.39 is 0 Å². The van der Waals surface area contributed by atoms with Crippen LogP contribution < -0.4 is 10.6 Å². The number of rotatable bonds is 4. The van der Waals surface area contributed by atoms with Crippen LogP contribution in [0.1, 0.15) is 38.2 Å². The van der Waals surface area contributed by atoms with Crippen LogP contribution in [0, 0.1) is 0 Å². The Bertz CT molecular complexity index is 397. The maximum Gasteiger partial charge on any atom is 0.106 e. The Labute approximate surface area is 109 Å². The largest absolute Gasteiger partial charge is 0.389 e. The average Bonchev–Trinajstić information content (AvgIpc) is 2.84. The van der Waals surface area contributed by atoms with Gasteiger partial charge in [0, 0.05) is 23.8 Å². The van der Waals surface area contributed by atoms with E-state index in [9.17, 15) is 0 Å². The number of thiocarbonyl (C=S) groups is 1. The zero-order valence-corrected chi connectivity index (χ0v) is 11.2. The first-order valence-corrected chi connectivity index (χ1v) is 6.80. The minimum atomic E-state index is 0.497. The normalized spacial score (nSPS) is 16.1. The van der Waals surface area contributed by atoms with Gasteiger partial charge in [-0.15, -0.1) is 0 Å². The van der Waals surface area contributed by atoms with Crippen molar-refractivity contribution in [2.45, 2.75) is 38.6 Å². The van der Waals surface area contributed by atoms with Crippen LogP contribution in [-0.4, -0.2) is 17.6 Å². The molecule has 2 rings (SSSR count). The monoisotopic (exact) mass is 248 g/mol. The van der Waals surface area contributed by atoms with Gasteiger partial charge >= 0.3 is 0 Å². The first-order valence-electron chi connectivity index (χ1n) is 6.39. The van der Waals surface area contributed by atoms with E-state index in [1.54, 1.807) is 0 Å². The van der Waals surface area contributed by atoms with E-state index in [1.165, 1.54) is 31.4 Å². The van der Waals surface area contributed by atoms with Crippen LogP contribution in [0.5, 0.6) is 0 Å². The van der Waals surface area contributed by atoms with Crippen LogP contribution in [0.25, 0.3) is 0 Å². The van der Waals surface area contributed by atoms with Gasteiger partial charge in [-0.05, 0) is 31.9 Å². The standard InChI is InChI=1S/C14H20N2S/c1-2-16(11-7-3-4-8-11)13-10-6-5-9-12(13)14(15)17/h5-6,9-11H,2-4,7-8H2,1H3,(H2,15,17). The van der Waals surface area contributed by atoms with Gasteiger partial charge in [-0.3, -0.25) is 0 Å². The molecule has 92 valence electrons. The molecule has 0 radical (unpaired) electrons. The summed E-state index contributed by atoms with van der Waals surface area (Å²) in [7, 11) is 0. The fourth-order valence-corrected chi connectivity index (χ4v) is 2.95. The molecule has 2 N–H and O–H groups in total. The van der Waals surface area contributed by atoms with Crippen molar-refractivity contribution in [2.75, 3.05) is 11.4 Å². The van der Waals surface area contributed by atoms with Gasteiger partial charge in [-0.25, -0.2) is 0 Å². The summed E-state index contributed by atoms with van der Waals surface area (Å²) in [6.07, 6.45) is 5.27. The van der Waals surface area contributed by atoms with Crippen molar-refractivity contribution < 1.29 is 0 Å². The van der Waals surface area contributed by atoms with E-state index in [2.05, 4.69) is 24.0 Å². The molecular formula is C14H20N2S. The van der Waals surface area contributed by atoms with Gasteiger partial charge in [-0.2, -0.15) is 0 Å². The molecule has 1 aromatic rings. The third-order valence-electron chi connectivity index (χ3n) is 3.59. The molecule has 2 nitrogen and oxygen atoms in total. The van der Waals surface area contributed by atoms with Crippen LogP contribution in [0.3, 0.4) is 0 Å². The highest BCUT2D eigenvalue weighted by Crippen LogP contribution is 2.30. The molecule has 0 spiro atoms. The molecule has 0 aromatic heterocycles. The van der Waals surface area contributed by atoms with Crippen molar-refractivity contribution in [1.82, 2.24) is 0 Å². The third kappa shape index (κ3) is 2.60. The molecule has 1 saturated carbocycles. The molecule has 1 aliphatic rings. The first-order chi connectivity index (χ1) is 8.24. The summed E-state index contributed by atoms with van der Waals surface area (Å²) in [5.41, 5.74) is 8.02. The summed E-state index contributed by atoms with van der Waals surface area (Å²) < 4.78 is 0. The summed E-state index contributed by atoms with van der Waals surface area (Å²) in [4.78, 5) is 2.96. The Balaban J connectivity index is 2.32. The Morgan fingerprint density at radius 2 is 2.00 bits per heavy atom. The Morgan fingerprint density at radius 1 is 1.35 bits per heavy atom. The number of nitrogens with two attached hydrogens (primary N) is 1. The van der Waals surface area contributed by atoms with E-state index in [1.807, 2.05) is 12.1 Å². The highest BCUT2D eigenvalue weighted by molar-refractivity contribution is 7.80. The second-order valence-corrected chi connectivity index (χ2v) is 5.05. The number of hydrogen-bond acceptors (Lipinski definition) is 2. The van der Waals surface area contributed by atoms with Crippen molar-refractivity contribution in [2.24, 2.45) is 5.73 Å². The van der Waals surface area contributed by atoms with Gasteiger partial charge in [0.1, 0.15) is 4.99 Å². The maximum atomic E-state index is 5.81. The van der Waals surface area contributed by atoms with Gasteiger partial charge in [0.2, 0.25) is 0 Å². The molecule has 1 fully saturated rings. The Kier molecular flexibility index (Phi) is 4.00. The molecule has 0 bridgehead atoms. The van der Waals surface area contributed by atoms with Crippen molar-refractivity contribution in [3.63, 3.8) is 0 Å². The quantitative estimate of drug-likeness (QED) is 0.830. The Hall–Kier alpha value is -1.09. The second kappa shape index (κ2) is 5.50. The molecule has 3 heteroatoms. The zero-order valence-electron chi connectivity index (χ0n) is 10.4. The van der Waals surface area contributed by atoms with E-state index in [0.29, 0.717) is 11.0 Å². The molecule has 1 aliphatic carbocycles. The lowest BCUT2D eigenvalue weighted by Crippen LogP contribution is -2.34. The van der Waals surface area contributed by atoms with E-state index in [4.69, 9.17) is 18.0 Å². The van der Waals surface area contributed by atoms with Crippen molar-refractivity contribution in [3.05, 3.63) is 29.8 Å². The number of benzene rings is 1. The molecule has 1 aromatic carbocycles. The van der Waals surface area contributed by atoms with E-state index in [-0.39, 0.29) is 0 Å². The molecule has 0 aliphatic heterocycles. The Morgan fingerprint density at radius 3 is 2.59 bits per heavy atom. The van der Waals surface area contributed by atoms with Crippen molar-refractivity contribution >= 4 is 22.9 Å².